The molecule has 0 spiro atoms. The second kappa shape index (κ2) is 17.2. The predicted molar refractivity (Wildman–Crippen MR) is 144 cm³/mol. The highest BCUT2D eigenvalue weighted by Gasteiger charge is 2.34. The fourth-order valence-corrected chi connectivity index (χ4v) is 2.51. The molecule has 41 heavy (non-hydrogen) atoms. The molecule has 0 fully saturated rings. The fourth-order valence-electron chi connectivity index (χ4n) is 2.51. The molecule has 228 valence electrons. The Hall–Kier alpha value is -4.62. The third kappa shape index (κ3) is 16.2. The first-order valence-corrected chi connectivity index (χ1v) is 12.1. The molecule has 0 aromatic heterocycles. The van der Waals surface area contributed by atoms with Crippen LogP contribution in [0, 0.1) is 5.41 Å². The molecule has 0 radical (unpaired) electrons. The van der Waals surface area contributed by atoms with Crippen molar-refractivity contribution in [2.24, 2.45) is 5.41 Å². The molecule has 0 aliphatic heterocycles. The lowest BCUT2D eigenvalue weighted by atomic mass is 9.96. The second-order valence-corrected chi connectivity index (χ2v) is 9.94. The zero-order valence-electron chi connectivity index (χ0n) is 23.8. The molecule has 0 aliphatic rings. The van der Waals surface area contributed by atoms with E-state index in [0.29, 0.717) is 0 Å². The van der Waals surface area contributed by atoms with Crippen LogP contribution in [-0.4, -0.2) is 86.8 Å². The molecule has 14 nitrogen and oxygen atoms in total. The van der Waals surface area contributed by atoms with Gasteiger partial charge in [0.05, 0.1) is 0 Å². The highest BCUT2D eigenvalue weighted by Crippen LogP contribution is 2.17. The summed E-state index contributed by atoms with van der Waals surface area (Å²) in [6.07, 6.45) is 1.84. The molecule has 0 unspecified atom stereocenters. The normalized spacial score (nSPS) is 11.0. The Morgan fingerprint density at radius 1 is 0.488 bits per heavy atom. The first kappa shape index (κ1) is 36.4. The number of nitrogens with one attached hydrogen (secondary N) is 2. The van der Waals surface area contributed by atoms with Gasteiger partial charge in [0.25, 0.3) is 0 Å². The van der Waals surface area contributed by atoms with E-state index < -0.39 is 52.6 Å². The van der Waals surface area contributed by atoms with Gasteiger partial charge < -0.3 is 39.1 Å². The van der Waals surface area contributed by atoms with Crippen LogP contribution in [0.2, 0.25) is 0 Å². The molecule has 0 saturated carbocycles. The molecule has 0 atom stereocenters. The van der Waals surface area contributed by atoms with Crippen LogP contribution in [0.25, 0.3) is 0 Å². The van der Waals surface area contributed by atoms with E-state index in [4.69, 9.17) is 28.4 Å². The standard InChI is InChI=1S/C27H38N2O12/c1-9-19(30)36-15-26(7,16-37-20(31)10-2)28-23(34)40-13-25(5,6)14-41-24(35)29-27(8,17-38-21(32)11-3)18-39-22(33)12-4/h9-12H,1-4,13-18H2,5-8H3,(H,28,34)(H,29,35). The van der Waals surface area contributed by atoms with E-state index in [1.807, 2.05) is 0 Å². The average Bonchev–Trinajstić information content (AvgIpc) is 2.94. The molecule has 0 aliphatic carbocycles. The van der Waals surface area contributed by atoms with Crippen molar-refractivity contribution >= 4 is 36.1 Å². The van der Waals surface area contributed by atoms with Gasteiger partial charge in [0.15, 0.2) is 0 Å². The number of carbonyl (C=O) groups excluding carboxylic acids is 6. The Labute approximate surface area is 238 Å². The van der Waals surface area contributed by atoms with Gasteiger partial charge in [-0.1, -0.05) is 40.2 Å². The molecule has 0 bridgehead atoms. The number of amides is 2. The third-order valence-corrected chi connectivity index (χ3v) is 4.79. The molecular weight excluding hydrogens is 544 g/mol. The lowest BCUT2D eigenvalue weighted by Gasteiger charge is -2.31. The Balaban J connectivity index is 5.11. The molecule has 14 heteroatoms. The van der Waals surface area contributed by atoms with E-state index in [2.05, 4.69) is 36.9 Å². The number of alkyl carbamates (subject to hydrolysis) is 2. The minimum absolute atomic E-state index is 0.230. The minimum atomic E-state index is -1.36. The molecule has 2 N–H and O–H groups in total. The Morgan fingerprint density at radius 3 is 0.951 bits per heavy atom. The molecule has 0 aromatic carbocycles. The largest absolute Gasteiger partial charge is 0.460 e. The molecule has 0 heterocycles. The monoisotopic (exact) mass is 582 g/mol. The summed E-state index contributed by atoms with van der Waals surface area (Å²) >= 11 is 0. The maximum absolute atomic E-state index is 12.5. The SMILES string of the molecule is C=CC(=O)OCC(C)(COC(=O)C=C)NC(=O)OCC(C)(C)COC(=O)NC(C)(COC(=O)C=C)COC(=O)C=C. The van der Waals surface area contributed by atoms with Crippen molar-refractivity contribution in [3.05, 3.63) is 50.6 Å². The second-order valence-electron chi connectivity index (χ2n) is 9.94. The number of rotatable bonds is 18. The van der Waals surface area contributed by atoms with Crippen molar-refractivity contribution in [2.75, 3.05) is 39.6 Å². The van der Waals surface area contributed by atoms with E-state index >= 15 is 0 Å². The number of hydrogen-bond donors (Lipinski definition) is 2. The zero-order valence-corrected chi connectivity index (χ0v) is 23.8. The van der Waals surface area contributed by atoms with E-state index in [-0.39, 0.29) is 39.6 Å². The van der Waals surface area contributed by atoms with Gasteiger partial charge in [0, 0.05) is 29.7 Å². The van der Waals surface area contributed by atoms with Crippen molar-refractivity contribution < 1.29 is 57.2 Å². The summed E-state index contributed by atoms with van der Waals surface area (Å²) < 4.78 is 30.4. The summed E-state index contributed by atoms with van der Waals surface area (Å²) in [5.41, 5.74) is -3.61. The quantitative estimate of drug-likeness (QED) is 0.136. The van der Waals surface area contributed by atoms with E-state index in [1.54, 1.807) is 13.8 Å². The van der Waals surface area contributed by atoms with E-state index in [0.717, 1.165) is 24.3 Å². The van der Waals surface area contributed by atoms with Crippen LogP contribution >= 0.6 is 0 Å². The summed E-state index contributed by atoms with van der Waals surface area (Å²) in [6, 6.07) is 0. The lowest BCUT2D eigenvalue weighted by Crippen LogP contribution is -2.54. The Morgan fingerprint density at radius 2 is 0.732 bits per heavy atom. The maximum Gasteiger partial charge on any atom is 0.407 e. The van der Waals surface area contributed by atoms with Gasteiger partial charge in [-0.3, -0.25) is 0 Å². The molecule has 0 saturated heterocycles. The van der Waals surface area contributed by atoms with Gasteiger partial charge >= 0.3 is 36.1 Å². The van der Waals surface area contributed by atoms with Crippen molar-refractivity contribution in [2.45, 2.75) is 38.8 Å². The van der Waals surface area contributed by atoms with Crippen molar-refractivity contribution in [3.8, 4) is 0 Å². The van der Waals surface area contributed by atoms with Crippen molar-refractivity contribution in [3.63, 3.8) is 0 Å². The summed E-state index contributed by atoms with van der Waals surface area (Å²) in [5.74, 6) is -3.03. The van der Waals surface area contributed by atoms with Crippen LogP contribution in [0.1, 0.15) is 27.7 Å². The van der Waals surface area contributed by atoms with Crippen molar-refractivity contribution in [1.29, 1.82) is 0 Å². The van der Waals surface area contributed by atoms with Gasteiger partial charge in [0.1, 0.15) is 50.7 Å². The van der Waals surface area contributed by atoms with Crippen LogP contribution in [0.5, 0.6) is 0 Å². The van der Waals surface area contributed by atoms with Crippen LogP contribution in [0.15, 0.2) is 50.6 Å². The van der Waals surface area contributed by atoms with Crippen LogP contribution in [0.4, 0.5) is 9.59 Å². The highest BCUT2D eigenvalue weighted by molar-refractivity contribution is 5.82. The average molecular weight is 583 g/mol. The van der Waals surface area contributed by atoms with E-state index in [9.17, 15) is 28.8 Å². The fraction of sp³-hybridized carbons (Fsp3) is 0.481. The van der Waals surface area contributed by atoms with Gasteiger partial charge in [-0.25, -0.2) is 28.8 Å². The van der Waals surface area contributed by atoms with Crippen LogP contribution < -0.4 is 10.6 Å². The molecule has 0 aromatic rings. The minimum Gasteiger partial charge on any atom is -0.460 e. The topological polar surface area (TPSA) is 182 Å². The van der Waals surface area contributed by atoms with E-state index in [1.165, 1.54) is 13.8 Å². The van der Waals surface area contributed by atoms with Crippen molar-refractivity contribution in [1.82, 2.24) is 10.6 Å². The van der Waals surface area contributed by atoms with Gasteiger partial charge in [0.2, 0.25) is 0 Å². The maximum atomic E-state index is 12.5. The zero-order chi connectivity index (χ0) is 31.7. The van der Waals surface area contributed by atoms with Crippen LogP contribution in [0.3, 0.4) is 0 Å². The lowest BCUT2D eigenvalue weighted by molar-refractivity contribution is -0.146. The molecule has 2 amide bonds. The highest BCUT2D eigenvalue weighted by atomic mass is 16.6. The Bertz CT molecular complexity index is 892. The van der Waals surface area contributed by atoms with Gasteiger partial charge in [-0.15, -0.1) is 0 Å². The summed E-state index contributed by atoms with van der Waals surface area (Å²) in [6.45, 7) is 17.4. The predicted octanol–water partition coefficient (Wildman–Crippen LogP) is 1.90. The number of ether oxygens (including phenoxy) is 6. The summed E-state index contributed by atoms with van der Waals surface area (Å²) in [5, 5.41) is 4.95. The molecule has 0 rings (SSSR count). The summed E-state index contributed by atoms with van der Waals surface area (Å²) in [4.78, 5) is 70.8. The van der Waals surface area contributed by atoms with Gasteiger partial charge in [-0.2, -0.15) is 0 Å². The first-order valence-electron chi connectivity index (χ1n) is 12.1. The number of esters is 4. The number of hydrogen-bond acceptors (Lipinski definition) is 12. The smallest absolute Gasteiger partial charge is 0.407 e. The summed E-state index contributed by atoms with van der Waals surface area (Å²) in [7, 11) is 0. The van der Waals surface area contributed by atoms with Crippen LogP contribution in [-0.2, 0) is 47.6 Å². The third-order valence-electron chi connectivity index (χ3n) is 4.79. The van der Waals surface area contributed by atoms with Gasteiger partial charge in [-0.05, 0) is 13.8 Å². The Kier molecular flexibility index (Phi) is 15.2. The number of carbonyl (C=O) groups is 6. The first-order chi connectivity index (χ1) is 19.0. The molecular formula is C27H38N2O12.